The lowest BCUT2D eigenvalue weighted by atomic mass is 9.75. The molecular formula is C17H29N3. The predicted octanol–water partition coefficient (Wildman–Crippen LogP) is 3.92. The van der Waals surface area contributed by atoms with Gasteiger partial charge in [0.1, 0.15) is 0 Å². The van der Waals surface area contributed by atoms with E-state index in [1.807, 2.05) is 12.3 Å². The van der Waals surface area contributed by atoms with Gasteiger partial charge in [0.2, 0.25) is 0 Å². The Hall–Kier alpha value is -1.09. The molecule has 1 aromatic heterocycles. The quantitative estimate of drug-likeness (QED) is 0.827. The summed E-state index contributed by atoms with van der Waals surface area (Å²) in [4.78, 5) is 4.29. The molecule has 3 unspecified atom stereocenters. The van der Waals surface area contributed by atoms with Crippen molar-refractivity contribution in [3.05, 3.63) is 24.0 Å². The molecule has 0 spiro atoms. The molecule has 0 aromatic carbocycles. The van der Waals surface area contributed by atoms with Gasteiger partial charge in [-0.2, -0.15) is 0 Å². The molecule has 3 atom stereocenters. The van der Waals surface area contributed by atoms with Crippen LogP contribution in [0.3, 0.4) is 0 Å². The summed E-state index contributed by atoms with van der Waals surface area (Å²) in [5.74, 6) is 1.59. The van der Waals surface area contributed by atoms with E-state index in [0.717, 1.165) is 24.6 Å². The molecule has 1 saturated carbocycles. The van der Waals surface area contributed by atoms with Crippen LogP contribution in [-0.4, -0.2) is 11.5 Å². The minimum Gasteiger partial charge on any atom is -0.398 e. The second kappa shape index (κ2) is 7.63. The number of nitrogens with zero attached hydrogens (tertiary/aromatic N) is 1. The number of anilines is 1. The molecular weight excluding hydrogens is 246 g/mol. The molecule has 2 rings (SSSR count). The Labute approximate surface area is 123 Å². The zero-order valence-electron chi connectivity index (χ0n) is 12.9. The van der Waals surface area contributed by atoms with E-state index in [2.05, 4.69) is 24.1 Å². The maximum atomic E-state index is 6.19. The van der Waals surface area contributed by atoms with Gasteiger partial charge in [-0.15, -0.1) is 0 Å². The summed E-state index contributed by atoms with van der Waals surface area (Å²) in [6.07, 6.45) is 11.6. The lowest BCUT2D eigenvalue weighted by Crippen LogP contribution is -2.32. The van der Waals surface area contributed by atoms with Gasteiger partial charge >= 0.3 is 0 Å². The van der Waals surface area contributed by atoms with Crippen LogP contribution in [0.5, 0.6) is 0 Å². The van der Waals surface area contributed by atoms with E-state index in [4.69, 9.17) is 5.73 Å². The van der Waals surface area contributed by atoms with Crippen molar-refractivity contribution in [2.45, 2.75) is 58.4 Å². The fourth-order valence-electron chi connectivity index (χ4n) is 3.51. The molecule has 3 heteroatoms. The van der Waals surface area contributed by atoms with Gasteiger partial charge in [-0.05, 0) is 43.7 Å². The minimum absolute atomic E-state index is 0.373. The van der Waals surface area contributed by atoms with Crippen molar-refractivity contribution < 1.29 is 0 Å². The molecule has 1 aromatic rings. The summed E-state index contributed by atoms with van der Waals surface area (Å²) >= 11 is 0. The number of hydrogen-bond acceptors (Lipinski definition) is 3. The van der Waals surface area contributed by atoms with Crippen LogP contribution in [0, 0.1) is 11.8 Å². The Balaban J connectivity index is 2.16. The van der Waals surface area contributed by atoms with Crippen LogP contribution in [0.4, 0.5) is 5.69 Å². The third kappa shape index (κ3) is 3.72. The van der Waals surface area contributed by atoms with Gasteiger partial charge in [-0.1, -0.05) is 33.1 Å². The number of pyridine rings is 1. The zero-order valence-corrected chi connectivity index (χ0v) is 12.9. The van der Waals surface area contributed by atoms with Gasteiger partial charge in [-0.25, -0.2) is 0 Å². The Kier molecular flexibility index (Phi) is 5.84. The van der Waals surface area contributed by atoms with Crippen molar-refractivity contribution >= 4 is 5.69 Å². The fraction of sp³-hybridized carbons (Fsp3) is 0.706. The molecule has 0 radical (unpaired) electrons. The molecule has 20 heavy (non-hydrogen) atoms. The molecule has 112 valence electrons. The standard InChI is InChI=1S/C17H29N3/c1-3-9-20-17(15-12-19-10-8-16(15)18)14-7-5-6-13(4-2)11-14/h8,10,12-14,17,20H,3-7,9,11H2,1-2H3,(H2,18,19). The van der Waals surface area contributed by atoms with Crippen LogP contribution in [0.2, 0.25) is 0 Å². The van der Waals surface area contributed by atoms with Crippen molar-refractivity contribution in [2.24, 2.45) is 11.8 Å². The highest BCUT2D eigenvalue weighted by atomic mass is 14.9. The first-order valence-corrected chi connectivity index (χ1v) is 8.19. The summed E-state index contributed by atoms with van der Waals surface area (Å²) in [6.45, 7) is 5.58. The second-order valence-electron chi connectivity index (χ2n) is 6.14. The normalized spacial score (nSPS) is 24.5. The summed E-state index contributed by atoms with van der Waals surface area (Å²) in [7, 11) is 0. The highest BCUT2D eigenvalue weighted by molar-refractivity contribution is 5.46. The molecule has 0 aliphatic heterocycles. The van der Waals surface area contributed by atoms with Gasteiger partial charge in [0.15, 0.2) is 0 Å². The van der Waals surface area contributed by atoms with Gasteiger partial charge < -0.3 is 11.1 Å². The van der Waals surface area contributed by atoms with Crippen LogP contribution in [-0.2, 0) is 0 Å². The summed E-state index contributed by atoms with van der Waals surface area (Å²) in [6, 6.07) is 2.30. The second-order valence-corrected chi connectivity index (χ2v) is 6.14. The average Bonchev–Trinajstić information content (AvgIpc) is 2.49. The lowest BCUT2D eigenvalue weighted by Gasteiger charge is -2.35. The number of hydrogen-bond donors (Lipinski definition) is 2. The Morgan fingerprint density at radius 3 is 2.95 bits per heavy atom. The maximum absolute atomic E-state index is 6.19. The number of nitrogen functional groups attached to an aromatic ring is 1. The number of aromatic nitrogens is 1. The van der Waals surface area contributed by atoms with Crippen molar-refractivity contribution in [3.63, 3.8) is 0 Å². The number of nitrogens with one attached hydrogen (secondary N) is 1. The van der Waals surface area contributed by atoms with E-state index in [-0.39, 0.29) is 0 Å². The molecule has 0 saturated heterocycles. The topological polar surface area (TPSA) is 50.9 Å². The first kappa shape index (κ1) is 15.3. The Bertz CT molecular complexity index is 405. The van der Waals surface area contributed by atoms with Crippen molar-refractivity contribution in [1.82, 2.24) is 10.3 Å². The van der Waals surface area contributed by atoms with Gasteiger partial charge in [0.25, 0.3) is 0 Å². The third-order valence-corrected chi connectivity index (χ3v) is 4.71. The van der Waals surface area contributed by atoms with Crippen molar-refractivity contribution in [2.75, 3.05) is 12.3 Å². The van der Waals surface area contributed by atoms with E-state index in [1.54, 1.807) is 6.20 Å². The van der Waals surface area contributed by atoms with E-state index < -0.39 is 0 Å². The summed E-state index contributed by atoms with van der Waals surface area (Å²) in [5.41, 5.74) is 8.27. The average molecular weight is 275 g/mol. The zero-order chi connectivity index (χ0) is 14.4. The van der Waals surface area contributed by atoms with E-state index in [1.165, 1.54) is 37.7 Å². The lowest BCUT2D eigenvalue weighted by molar-refractivity contribution is 0.209. The molecule has 1 aliphatic rings. The van der Waals surface area contributed by atoms with Gasteiger partial charge in [0.05, 0.1) is 0 Å². The minimum atomic E-state index is 0.373. The SMILES string of the molecule is CCCNC(c1cnccc1N)C1CCCC(CC)C1. The van der Waals surface area contributed by atoms with Crippen LogP contribution in [0.15, 0.2) is 18.5 Å². The first-order valence-electron chi connectivity index (χ1n) is 8.19. The molecule has 3 nitrogen and oxygen atoms in total. The van der Waals surface area contributed by atoms with Crippen LogP contribution in [0.25, 0.3) is 0 Å². The number of nitrogens with two attached hydrogens (primary N) is 1. The predicted molar refractivity (Wildman–Crippen MR) is 85.4 cm³/mol. The van der Waals surface area contributed by atoms with Crippen LogP contribution in [0.1, 0.15) is 64.0 Å². The number of rotatable bonds is 6. The maximum Gasteiger partial charge on any atom is 0.0393 e. The van der Waals surface area contributed by atoms with Crippen molar-refractivity contribution in [1.29, 1.82) is 0 Å². The Morgan fingerprint density at radius 2 is 2.25 bits per heavy atom. The van der Waals surface area contributed by atoms with E-state index in [9.17, 15) is 0 Å². The molecule has 1 fully saturated rings. The largest absolute Gasteiger partial charge is 0.398 e. The third-order valence-electron chi connectivity index (χ3n) is 4.71. The molecule has 0 amide bonds. The highest BCUT2D eigenvalue weighted by Gasteiger charge is 2.29. The molecule has 1 heterocycles. The molecule has 3 N–H and O–H groups in total. The smallest absolute Gasteiger partial charge is 0.0393 e. The Morgan fingerprint density at radius 1 is 1.40 bits per heavy atom. The van der Waals surface area contributed by atoms with Crippen molar-refractivity contribution in [3.8, 4) is 0 Å². The fourth-order valence-corrected chi connectivity index (χ4v) is 3.51. The molecule has 0 bridgehead atoms. The van der Waals surface area contributed by atoms with Gasteiger partial charge in [0, 0.05) is 29.7 Å². The van der Waals surface area contributed by atoms with E-state index >= 15 is 0 Å². The molecule has 1 aliphatic carbocycles. The van der Waals surface area contributed by atoms with Crippen LogP contribution >= 0.6 is 0 Å². The summed E-state index contributed by atoms with van der Waals surface area (Å²) in [5, 5.41) is 3.72. The summed E-state index contributed by atoms with van der Waals surface area (Å²) < 4.78 is 0. The van der Waals surface area contributed by atoms with E-state index in [0.29, 0.717) is 12.0 Å². The highest BCUT2D eigenvalue weighted by Crippen LogP contribution is 2.39. The van der Waals surface area contributed by atoms with Crippen LogP contribution < -0.4 is 11.1 Å². The van der Waals surface area contributed by atoms with Gasteiger partial charge in [-0.3, -0.25) is 4.98 Å². The monoisotopic (exact) mass is 275 g/mol. The first-order chi connectivity index (χ1) is 9.76.